The Hall–Kier alpha value is -3.54. The van der Waals surface area contributed by atoms with Gasteiger partial charge in [0.1, 0.15) is 17.3 Å². The number of rotatable bonds is 9. The summed E-state index contributed by atoms with van der Waals surface area (Å²) in [5.74, 6) is -0.395. The van der Waals surface area contributed by atoms with E-state index in [1.807, 2.05) is 19.9 Å². The van der Waals surface area contributed by atoms with Crippen molar-refractivity contribution in [3.05, 3.63) is 66.8 Å². The molecule has 2 aromatic rings. The van der Waals surface area contributed by atoms with Crippen LogP contribution in [0.2, 0.25) is 0 Å². The van der Waals surface area contributed by atoms with Crippen molar-refractivity contribution in [2.45, 2.75) is 20.3 Å². The van der Waals surface area contributed by atoms with Crippen LogP contribution < -0.4 is 15.4 Å². The van der Waals surface area contributed by atoms with Crippen LogP contribution in [0.1, 0.15) is 25.0 Å². The van der Waals surface area contributed by atoms with Crippen molar-refractivity contribution in [3.8, 4) is 22.6 Å². The Bertz CT molecular complexity index is 947. The van der Waals surface area contributed by atoms with Crippen molar-refractivity contribution in [3.63, 3.8) is 0 Å². The van der Waals surface area contributed by atoms with Gasteiger partial charge in [0.05, 0.1) is 0 Å². The van der Waals surface area contributed by atoms with Gasteiger partial charge in [0.15, 0.2) is 0 Å². The zero-order chi connectivity index (χ0) is 21.6. The van der Waals surface area contributed by atoms with Crippen LogP contribution in [0.3, 0.4) is 0 Å². The summed E-state index contributed by atoms with van der Waals surface area (Å²) >= 11 is 0. The molecule has 0 aromatic heterocycles. The molecule has 2 aromatic carbocycles. The Morgan fingerprint density at radius 3 is 2.45 bits per heavy atom. The Morgan fingerprint density at radius 2 is 1.93 bits per heavy atom. The first kappa shape index (κ1) is 21.8. The quantitative estimate of drug-likeness (QED) is 0.149. The van der Waals surface area contributed by atoms with Gasteiger partial charge < -0.3 is 20.5 Å². The molecule has 6 nitrogen and oxygen atoms in total. The second kappa shape index (κ2) is 9.59. The summed E-state index contributed by atoms with van der Waals surface area (Å²) in [4.78, 5) is 13.9. The molecule has 0 heterocycles. The minimum Gasteiger partial charge on any atom is -0.507 e. The van der Waals surface area contributed by atoms with E-state index < -0.39 is 5.97 Å². The predicted octanol–water partition coefficient (Wildman–Crippen LogP) is 4.01. The maximum Gasteiger partial charge on any atom is 0.335 e. The van der Waals surface area contributed by atoms with Gasteiger partial charge in [-0.2, -0.15) is 0 Å². The van der Waals surface area contributed by atoms with Gasteiger partial charge in [0.25, 0.3) is 0 Å². The highest BCUT2D eigenvalue weighted by molar-refractivity contribution is 6.04. The molecular weight excluding hydrogens is 366 g/mol. The number of phenolic OH excluding ortho intramolecular Hbond substituents is 1. The molecule has 6 heteroatoms. The fraction of sp³-hybridized carbons (Fsp3) is 0.217. The summed E-state index contributed by atoms with van der Waals surface area (Å²) in [6.07, 6.45) is 3.09. The van der Waals surface area contributed by atoms with Crippen LogP contribution in [0.5, 0.6) is 11.5 Å². The van der Waals surface area contributed by atoms with Crippen molar-refractivity contribution in [2.75, 3.05) is 18.0 Å². The maximum atomic E-state index is 11.8. The van der Waals surface area contributed by atoms with E-state index in [2.05, 4.69) is 18.1 Å². The molecule has 0 aliphatic carbocycles. The Kier molecular flexibility index (Phi) is 7.20. The lowest BCUT2D eigenvalue weighted by molar-refractivity contribution is -0.129. The highest BCUT2D eigenvalue weighted by Crippen LogP contribution is 2.40. The average Bonchev–Trinajstić information content (AvgIpc) is 2.70. The van der Waals surface area contributed by atoms with Crippen molar-refractivity contribution >= 4 is 17.5 Å². The van der Waals surface area contributed by atoms with Crippen molar-refractivity contribution in [2.24, 2.45) is 5.73 Å². The second-order valence-corrected chi connectivity index (χ2v) is 6.37. The summed E-state index contributed by atoms with van der Waals surface area (Å²) in [6.45, 7) is 12.9. The Balaban J connectivity index is 2.75. The number of nitrogens with two attached hydrogens (primary N) is 1. The monoisotopic (exact) mass is 393 g/mol. The molecule has 29 heavy (non-hydrogen) atoms. The van der Waals surface area contributed by atoms with Crippen LogP contribution in [0.15, 0.2) is 55.6 Å². The first-order chi connectivity index (χ1) is 13.9. The highest BCUT2D eigenvalue weighted by Gasteiger charge is 2.21. The summed E-state index contributed by atoms with van der Waals surface area (Å²) in [7, 11) is 0. The molecule has 0 unspecified atom stereocenters. The summed E-state index contributed by atoms with van der Waals surface area (Å²) < 4.78 is 5.37. The molecule has 0 saturated heterocycles. The number of phenols is 1. The molecule has 0 aliphatic rings. The van der Waals surface area contributed by atoms with Gasteiger partial charge in [-0.15, -0.1) is 6.58 Å². The summed E-state index contributed by atoms with van der Waals surface area (Å²) in [6, 6.07) is 8.57. The molecule has 0 spiro atoms. The Labute approximate surface area is 171 Å². The van der Waals surface area contributed by atoms with Gasteiger partial charge in [0, 0.05) is 53.2 Å². The number of ether oxygens (including phenoxy) is 1. The lowest BCUT2D eigenvalue weighted by Crippen LogP contribution is -2.21. The van der Waals surface area contributed by atoms with Gasteiger partial charge in [-0.1, -0.05) is 12.7 Å². The first-order valence-electron chi connectivity index (χ1n) is 9.41. The average molecular weight is 393 g/mol. The van der Waals surface area contributed by atoms with Crippen molar-refractivity contribution in [1.82, 2.24) is 0 Å². The molecule has 0 bridgehead atoms. The van der Waals surface area contributed by atoms with E-state index in [9.17, 15) is 9.90 Å². The zero-order valence-electron chi connectivity index (χ0n) is 16.9. The largest absolute Gasteiger partial charge is 0.507 e. The first-order valence-corrected chi connectivity index (χ1v) is 9.41. The Morgan fingerprint density at radius 1 is 1.24 bits per heavy atom. The second-order valence-electron chi connectivity index (χ2n) is 6.37. The molecule has 0 aliphatic heterocycles. The van der Waals surface area contributed by atoms with Crippen molar-refractivity contribution < 1.29 is 14.6 Å². The molecule has 4 N–H and O–H groups in total. The molecule has 0 fully saturated rings. The molecule has 2 rings (SSSR count). The predicted molar refractivity (Wildman–Crippen MR) is 118 cm³/mol. The van der Waals surface area contributed by atoms with E-state index >= 15 is 0 Å². The number of carbonyl (C=O) groups is 1. The summed E-state index contributed by atoms with van der Waals surface area (Å²) in [5, 5.41) is 18.8. The van der Waals surface area contributed by atoms with Crippen LogP contribution in [-0.4, -0.2) is 30.0 Å². The number of nitrogens with zero attached hydrogens (tertiary/aromatic N) is 1. The van der Waals surface area contributed by atoms with Gasteiger partial charge >= 0.3 is 5.97 Å². The van der Waals surface area contributed by atoms with Gasteiger partial charge in [-0.05, 0) is 44.5 Å². The SMILES string of the molecule is C=CCc1c(OC(=O)C=C)ccc(C(=N)N)c1-c1ccc(N(CC)CC)cc1O. The van der Waals surface area contributed by atoms with Crippen molar-refractivity contribution in [1.29, 1.82) is 5.41 Å². The number of amidine groups is 1. The fourth-order valence-corrected chi connectivity index (χ4v) is 3.27. The standard InChI is InChI=1S/C23H27N3O3/c1-5-9-17-20(29-21(28)6-2)13-12-18(23(24)25)22(17)16-11-10-15(14-19(16)27)26(7-3)8-4/h5-6,10-14,27H,1-2,7-9H2,3-4H3,(H3,24,25). The number of esters is 1. The number of nitrogen functional groups attached to an aromatic ring is 1. The third kappa shape index (κ3) is 4.66. The molecule has 0 saturated carbocycles. The van der Waals surface area contributed by atoms with Crippen LogP contribution in [0.25, 0.3) is 11.1 Å². The molecule has 0 radical (unpaired) electrons. The minimum atomic E-state index is -0.599. The third-order valence-corrected chi connectivity index (χ3v) is 4.67. The maximum absolute atomic E-state index is 11.8. The van der Waals surface area contributed by atoms with Gasteiger partial charge in [-0.25, -0.2) is 4.79 Å². The van der Waals surface area contributed by atoms with E-state index in [-0.39, 0.29) is 11.6 Å². The van der Waals surface area contributed by atoms with Crippen LogP contribution in [-0.2, 0) is 11.2 Å². The molecular formula is C23H27N3O3. The van der Waals surface area contributed by atoms with E-state index in [1.54, 1.807) is 30.3 Å². The topological polar surface area (TPSA) is 99.6 Å². The summed E-state index contributed by atoms with van der Waals surface area (Å²) in [5.41, 5.74) is 8.78. The normalized spacial score (nSPS) is 10.3. The molecule has 152 valence electrons. The molecule has 0 atom stereocenters. The lowest BCUT2D eigenvalue weighted by Gasteiger charge is -2.23. The number of hydrogen-bond acceptors (Lipinski definition) is 5. The van der Waals surface area contributed by atoms with E-state index in [0.717, 1.165) is 24.9 Å². The van der Waals surface area contributed by atoms with Gasteiger partial charge in [-0.3, -0.25) is 5.41 Å². The number of nitrogens with one attached hydrogen (secondary N) is 1. The minimum absolute atomic E-state index is 0.0504. The zero-order valence-corrected chi connectivity index (χ0v) is 16.9. The van der Waals surface area contributed by atoms with E-state index in [4.69, 9.17) is 15.9 Å². The smallest absolute Gasteiger partial charge is 0.335 e. The highest BCUT2D eigenvalue weighted by atomic mass is 16.5. The van der Waals surface area contributed by atoms with Crippen LogP contribution in [0.4, 0.5) is 5.69 Å². The number of hydrogen-bond donors (Lipinski definition) is 3. The third-order valence-electron chi connectivity index (χ3n) is 4.67. The van der Waals surface area contributed by atoms with Crippen LogP contribution in [0, 0.1) is 5.41 Å². The number of benzene rings is 2. The van der Waals surface area contributed by atoms with Crippen LogP contribution >= 0.6 is 0 Å². The van der Waals surface area contributed by atoms with E-state index in [0.29, 0.717) is 34.4 Å². The molecule has 0 amide bonds. The lowest BCUT2D eigenvalue weighted by atomic mass is 9.90. The number of anilines is 1. The fourth-order valence-electron chi connectivity index (χ4n) is 3.27. The van der Waals surface area contributed by atoms with E-state index in [1.165, 1.54) is 0 Å². The van der Waals surface area contributed by atoms with Gasteiger partial charge in [0.2, 0.25) is 0 Å². The number of allylic oxidation sites excluding steroid dienone is 1. The number of aromatic hydroxyl groups is 1. The number of carbonyl (C=O) groups excluding carboxylic acids is 1.